The number of carboxylic acid groups (broad SMARTS) is 1. The van der Waals surface area contributed by atoms with Crippen LogP contribution in [0, 0.1) is 5.41 Å². The van der Waals surface area contributed by atoms with Crippen LogP contribution in [0.1, 0.15) is 44.9 Å². The second-order valence-corrected chi connectivity index (χ2v) is 8.88. The summed E-state index contributed by atoms with van der Waals surface area (Å²) < 4.78 is 0. The lowest BCUT2D eigenvalue weighted by Gasteiger charge is -2.41. The maximum absolute atomic E-state index is 13.4. The molecule has 1 aromatic heterocycles. The van der Waals surface area contributed by atoms with Crippen LogP contribution in [0.2, 0.25) is 5.02 Å². The number of rotatable bonds is 3. The molecule has 1 aromatic rings. The van der Waals surface area contributed by atoms with Crippen molar-refractivity contribution in [2.24, 2.45) is 5.41 Å². The Labute approximate surface area is 174 Å². The second kappa shape index (κ2) is 7.99. The van der Waals surface area contributed by atoms with E-state index in [2.05, 4.69) is 15.2 Å². The zero-order valence-electron chi connectivity index (χ0n) is 16.3. The summed E-state index contributed by atoms with van der Waals surface area (Å²) in [6.07, 6.45) is 5.92. The standard InChI is InChI=1S/C20H27ClN4O4/c21-16-10-13(23-19(28)29)11-22-17(16)24-8-1-6-20(12-24)7-9-25(18(20)27)14-2-4-15(26)5-3-14/h10-11,14-15,23,26H,1-9,12H2,(H,28,29)/t14-,15-,20-/m1/s1. The Morgan fingerprint density at radius 2 is 2.00 bits per heavy atom. The van der Waals surface area contributed by atoms with Gasteiger partial charge in [-0.1, -0.05) is 11.6 Å². The fourth-order valence-corrected chi connectivity index (χ4v) is 5.40. The number of pyridine rings is 1. The lowest BCUT2D eigenvalue weighted by atomic mass is 9.78. The van der Waals surface area contributed by atoms with E-state index in [0.29, 0.717) is 23.1 Å². The van der Waals surface area contributed by atoms with Gasteiger partial charge in [-0.2, -0.15) is 0 Å². The third-order valence-electron chi connectivity index (χ3n) is 6.60. The molecule has 1 aliphatic carbocycles. The Bertz CT molecular complexity index is 799. The van der Waals surface area contributed by atoms with Crippen molar-refractivity contribution >= 4 is 35.1 Å². The van der Waals surface area contributed by atoms with Crippen LogP contribution in [0.3, 0.4) is 0 Å². The molecule has 0 radical (unpaired) electrons. The summed E-state index contributed by atoms with van der Waals surface area (Å²) in [5, 5.41) is 21.2. The third-order valence-corrected chi connectivity index (χ3v) is 6.88. The van der Waals surface area contributed by atoms with Gasteiger partial charge in [0.05, 0.1) is 28.4 Å². The van der Waals surface area contributed by atoms with Crippen LogP contribution in [-0.2, 0) is 4.79 Å². The average molecular weight is 423 g/mol. The highest BCUT2D eigenvalue weighted by molar-refractivity contribution is 6.33. The summed E-state index contributed by atoms with van der Waals surface area (Å²) in [7, 11) is 0. The molecule has 8 nitrogen and oxygen atoms in total. The molecular weight excluding hydrogens is 396 g/mol. The highest BCUT2D eigenvalue weighted by Gasteiger charge is 2.51. The molecule has 2 aliphatic heterocycles. The molecule has 1 saturated carbocycles. The molecular formula is C20H27ClN4O4. The fourth-order valence-electron chi connectivity index (χ4n) is 5.11. The van der Waals surface area contributed by atoms with E-state index < -0.39 is 11.5 Å². The lowest BCUT2D eigenvalue weighted by Crippen LogP contribution is -2.50. The van der Waals surface area contributed by atoms with Crippen molar-refractivity contribution in [3.63, 3.8) is 0 Å². The normalized spacial score (nSPS) is 30.1. The molecule has 3 aliphatic rings. The number of halogens is 1. The first-order valence-electron chi connectivity index (χ1n) is 10.3. The van der Waals surface area contributed by atoms with Crippen LogP contribution in [-0.4, -0.2) is 63.9 Å². The van der Waals surface area contributed by atoms with Gasteiger partial charge in [-0.25, -0.2) is 9.78 Å². The number of aliphatic hydroxyl groups excluding tert-OH is 1. The molecule has 0 aromatic carbocycles. The van der Waals surface area contributed by atoms with Crippen LogP contribution in [0.15, 0.2) is 12.3 Å². The number of carbonyl (C=O) groups excluding carboxylic acids is 1. The zero-order chi connectivity index (χ0) is 20.6. The Morgan fingerprint density at radius 1 is 1.24 bits per heavy atom. The van der Waals surface area contributed by atoms with Crippen LogP contribution < -0.4 is 10.2 Å². The highest BCUT2D eigenvalue weighted by Crippen LogP contribution is 2.44. The van der Waals surface area contributed by atoms with E-state index in [1.165, 1.54) is 6.20 Å². The van der Waals surface area contributed by atoms with Crippen molar-refractivity contribution < 1.29 is 19.8 Å². The van der Waals surface area contributed by atoms with Crippen molar-refractivity contribution in [3.8, 4) is 0 Å². The Balaban J connectivity index is 1.48. The quantitative estimate of drug-likeness (QED) is 0.691. The third kappa shape index (κ3) is 4.00. The molecule has 3 heterocycles. The summed E-state index contributed by atoms with van der Waals surface area (Å²) in [5.41, 5.74) is -0.0855. The maximum Gasteiger partial charge on any atom is 0.409 e. The van der Waals surface area contributed by atoms with Gasteiger partial charge in [-0.05, 0) is 51.0 Å². The first-order valence-corrected chi connectivity index (χ1v) is 10.7. The smallest absolute Gasteiger partial charge is 0.409 e. The van der Waals surface area contributed by atoms with Gasteiger partial charge in [0, 0.05) is 25.7 Å². The van der Waals surface area contributed by atoms with Gasteiger partial charge in [0.25, 0.3) is 0 Å². The molecule has 4 rings (SSSR count). The summed E-state index contributed by atoms with van der Waals surface area (Å²) in [4.78, 5) is 32.7. The van der Waals surface area contributed by atoms with E-state index >= 15 is 0 Å². The topological polar surface area (TPSA) is 106 Å². The molecule has 0 unspecified atom stereocenters. The number of anilines is 2. The Kier molecular flexibility index (Phi) is 5.57. The highest BCUT2D eigenvalue weighted by atomic mass is 35.5. The van der Waals surface area contributed by atoms with Crippen LogP contribution in [0.4, 0.5) is 16.3 Å². The van der Waals surface area contributed by atoms with Crippen LogP contribution >= 0.6 is 11.6 Å². The maximum atomic E-state index is 13.4. The first kappa shape index (κ1) is 20.2. The van der Waals surface area contributed by atoms with Gasteiger partial charge in [-0.15, -0.1) is 0 Å². The van der Waals surface area contributed by atoms with Gasteiger partial charge >= 0.3 is 6.09 Å². The number of likely N-dealkylation sites (tertiary alicyclic amines) is 1. The number of nitrogens with one attached hydrogen (secondary N) is 1. The number of hydrogen-bond donors (Lipinski definition) is 3. The van der Waals surface area contributed by atoms with Crippen molar-refractivity contribution in [2.45, 2.75) is 57.1 Å². The monoisotopic (exact) mass is 422 g/mol. The molecule has 2 amide bonds. The van der Waals surface area contributed by atoms with E-state index in [1.807, 2.05) is 4.90 Å². The van der Waals surface area contributed by atoms with E-state index in [-0.39, 0.29) is 18.1 Å². The number of amides is 2. The largest absolute Gasteiger partial charge is 0.465 e. The zero-order valence-corrected chi connectivity index (χ0v) is 17.1. The van der Waals surface area contributed by atoms with Crippen molar-refractivity contribution in [1.29, 1.82) is 0 Å². The van der Waals surface area contributed by atoms with Crippen LogP contribution in [0.25, 0.3) is 0 Å². The minimum Gasteiger partial charge on any atom is -0.465 e. The number of aliphatic hydroxyl groups is 1. The Hall–Kier alpha value is -2.06. The van der Waals surface area contributed by atoms with Gasteiger partial charge in [0.2, 0.25) is 5.91 Å². The van der Waals surface area contributed by atoms with Gasteiger partial charge in [-0.3, -0.25) is 10.1 Å². The SMILES string of the molecule is O=C(O)Nc1cnc(N2CCC[C@@]3(CCN([C@H]4CC[C@H](O)CC4)C3=O)C2)c(Cl)c1. The predicted octanol–water partition coefficient (Wildman–Crippen LogP) is 2.95. The van der Waals surface area contributed by atoms with E-state index in [0.717, 1.165) is 58.0 Å². The van der Waals surface area contributed by atoms with E-state index in [1.54, 1.807) is 6.07 Å². The molecule has 1 spiro atoms. The van der Waals surface area contributed by atoms with Gasteiger partial charge in [0.15, 0.2) is 0 Å². The molecule has 1 atom stereocenters. The molecule has 3 fully saturated rings. The van der Waals surface area contributed by atoms with Crippen LogP contribution in [0.5, 0.6) is 0 Å². The summed E-state index contributed by atoms with van der Waals surface area (Å²) in [6, 6.07) is 1.79. The second-order valence-electron chi connectivity index (χ2n) is 8.48. The van der Waals surface area contributed by atoms with Gasteiger partial charge in [0.1, 0.15) is 5.82 Å². The Morgan fingerprint density at radius 3 is 2.69 bits per heavy atom. The number of carbonyl (C=O) groups is 2. The lowest BCUT2D eigenvalue weighted by molar-refractivity contribution is -0.139. The number of nitrogens with zero attached hydrogens (tertiary/aromatic N) is 3. The summed E-state index contributed by atoms with van der Waals surface area (Å²) in [5.74, 6) is 0.817. The predicted molar refractivity (Wildman–Crippen MR) is 109 cm³/mol. The van der Waals surface area contributed by atoms with Crippen molar-refractivity contribution in [3.05, 3.63) is 17.3 Å². The summed E-state index contributed by atoms with van der Waals surface area (Å²) >= 11 is 6.39. The molecule has 0 bridgehead atoms. The molecule has 29 heavy (non-hydrogen) atoms. The van der Waals surface area contributed by atoms with E-state index in [4.69, 9.17) is 16.7 Å². The van der Waals surface area contributed by atoms with E-state index in [9.17, 15) is 14.7 Å². The average Bonchev–Trinajstić information content (AvgIpc) is 2.98. The van der Waals surface area contributed by atoms with Crippen molar-refractivity contribution in [1.82, 2.24) is 9.88 Å². The number of aromatic nitrogens is 1. The molecule has 9 heteroatoms. The molecule has 158 valence electrons. The number of piperidine rings is 1. The first-order chi connectivity index (χ1) is 13.9. The van der Waals surface area contributed by atoms with Gasteiger partial charge < -0.3 is 20.0 Å². The molecule has 3 N–H and O–H groups in total. The minimum atomic E-state index is -1.17. The molecule has 2 saturated heterocycles. The fraction of sp³-hybridized carbons (Fsp3) is 0.650. The number of hydrogen-bond acceptors (Lipinski definition) is 5. The summed E-state index contributed by atoms with van der Waals surface area (Å²) in [6.45, 7) is 2.12. The van der Waals surface area contributed by atoms with Crippen molar-refractivity contribution in [2.75, 3.05) is 29.9 Å². The minimum absolute atomic E-state index is 0.226.